The van der Waals surface area contributed by atoms with Crippen molar-refractivity contribution in [1.29, 1.82) is 0 Å². The van der Waals surface area contributed by atoms with E-state index in [0.29, 0.717) is 19.1 Å². The number of aryl methyl sites for hydroxylation is 1. The molecule has 0 bridgehead atoms. The first-order chi connectivity index (χ1) is 11.1. The summed E-state index contributed by atoms with van der Waals surface area (Å²) in [5, 5.41) is 4.00. The molecule has 2 aromatic heterocycles. The maximum Gasteiger partial charge on any atom is 0.316 e. The van der Waals surface area contributed by atoms with Gasteiger partial charge in [-0.3, -0.25) is 9.59 Å². The summed E-state index contributed by atoms with van der Waals surface area (Å²) >= 11 is 0. The van der Waals surface area contributed by atoms with Crippen molar-refractivity contribution in [3.63, 3.8) is 0 Å². The van der Waals surface area contributed by atoms with Crippen molar-refractivity contribution < 1.29 is 9.53 Å². The molecule has 1 amide bonds. The summed E-state index contributed by atoms with van der Waals surface area (Å²) < 4.78 is 6.88. The summed E-state index contributed by atoms with van der Waals surface area (Å²) in [6.07, 6.45) is 4.74. The summed E-state index contributed by atoms with van der Waals surface area (Å²) in [5.74, 6) is -0.206. The lowest BCUT2D eigenvalue weighted by atomic mass is 10.1. The van der Waals surface area contributed by atoms with Crippen LogP contribution in [-0.4, -0.2) is 49.7 Å². The van der Waals surface area contributed by atoms with E-state index in [4.69, 9.17) is 4.74 Å². The molecule has 120 valence electrons. The third-order valence-corrected chi connectivity index (χ3v) is 3.66. The van der Waals surface area contributed by atoms with Gasteiger partial charge >= 0.3 is 6.01 Å². The lowest BCUT2D eigenvalue weighted by Crippen LogP contribution is -2.45. The van der Waals surface area contributed by atoms with E-state index in [1.54, 1.807) is 23.4 Å². The summed E-state index contributed by atoms with van der Waals surface area (Å²) in [4.78, 5) is 33.6. The smallest absolute Gasteiger partial charge is 0.316 e. The highest BCUT2D eigenvalue weighted by Gasteiger charge is 2.27. The van der Waals surface area contributed by atoms with Gasteiger partial charge in [-0.2, -0.15) is 5.10 Å². The van der Waals surface area contributed by atoms with Crippen molar-refractivity contribution in [2.24, 2.45) is 7.05 Å². The normalized spacial score (nSPS) is 17.8. The van der Waals surface area contributed by atoms with Crippen LogP contribution in [0.15, 0.2) is 35.4 Å². The second kappa shape index (κ2) is 6.55. The SMILES string of the molecule is Cn1nc(C(=O)N2CCCC(Oc3ncccn3)C2)ccc1=O. The third-order valence-electron chi connectivity index (χ3n) is 3.66. The quantitative estimate of drug-likeness (QED) is 0.806. The number of carbonyl (C=O) groups excluding carboxylic acids is 1. The third kappa shape index (κ3) is 3.53. The van der Waals surface area contributed by atoms with Gasteiger partial charge in [-0.1, -0.05) is 0 Å². The second-order valence-corrected chi connectivity index (χ2v) is 5.35. The zero-order chi connectivity index (χ0) is 16.2. The predicted molar refractivity (Wildman–Crippen MR) is 81.1 cm³/mol. The molecule has 1 aliphatic rings. The highest BCUT2D eigenvalue weighted by Crippen LogP contribution is 2.16. The van der Waals surface area contributed by atoms with E-state index in [-0.39, 0.29) is 23.3 Å². The number of rotatable bonds is 3. The topological polar surface area (TPSA) is 90.2 Å². The van der Waals surface area contributed by atoms with E-state index < -0.39 is 0 Å². The highest BCUT2D eigenvalue weighted by molar-refractivity contribution is 5.92. The number of hydrogen-bond acceptors (Lipinski definition) is 6. The fourth-order valence-corrected chi connectivity index (χ4v) is 2.49. The van der Waals surface area contributed by atoms with E-state index >= 15 is 0 Å². The fourth-order valence-electron chi connectivity index (χ4n) is 2.49. The van der Waals surface area contributed by atoms with Gasteiger partial charge in [0, 0.05) is 32.1 Å². The van der Waals surface area contributed by atoms with Crippen molar-refractivity contribution in [3.05, 3.63) is 46.6 Å². The van der Waals surface area contributed by atoms with Crippen LogP contribution in [0.4, 0.5) is 0 Å². The number of aromatic nitrogens is 4. The Labute approximate surface area is 132 Å². The van der Waals surface area contributed by atoms with E-state index in [9.17, 15) is 9.59 Å². The minimum atomic E-state index is -0.248. The molecule has 1 unspecified atom stereocenters. The van der Waals surface area contributed by atoms with Crippen molar-refractivity contribution in [1.82, 2.24) is 24.6 Å². The largest absolute Gasteiger partial charge is 0.458 e. The summed E-state index contributed by atoms with van der Waals surface area (Å²) in [5.41, 5.74) is 0.00587. The van der Waals surface area contributed by atoms with Crippen molar-refractivity contribution in [2.75, 3.05) is 13.1 Å². The standard InChI is InChI=1S/C15H17N5O3/c1-19-13(21)6-5-12(18-19)14(22)20-9-2-4-11(10-20)23-15-16-7-3-8-17-15/h3,5-8,11H,2,4,9-10H2,1H3. The molecule has 1 saturated heterocycles. The molecule has 0 saturated carbocycles. The Morgan fingerprint density at radius 1 is 1.30 bits per heavy atom. The lowest BCUT2D eigenvalue weighted by molar-refractivity contribution is 0.0508. The Morgan fingerprint density at radius 3 is 2.83 bits per heavy atom. The Balaban J connectivity index is 1.69. The number of hydrogen-bond donors (Lipinski definition) is 0. The van der Waals surface area contributed by atoms with Crippen molar-refractivity contribution >= 4 is 5.91 Å². The number of piperidine rings is 1. The van der Waals surface area contributed by atoms with Gasteiger partial charge in [-0.15, -0.1) is 0 Å². The molecule has 3 rings (SSSR count). The second-order valence-electron chi connectivity index (χ2n) is 5.35. The van der Waals surface area contributed by atoms with Gasteiger partial charge in [0.1, 0.15) is 11.8 Å². The number of ether oxygens (including phenoxy) is 1. The lowest BCUT2D eigenvalue weighted by Gasteiger charge is -2.32. The van der Waals surface area contributed by atoms with Crippen LogP contribution >= 0.6 is 0 Å². The average Bonchev–Trinajstić information content (AvgIpc) is 2.58. The summed E-state index contributed by atoms with van der Waals surface area (Å²) in [7, 11) is 1.52. The number of amides is 1. The van der Waals surface area contributed by atoms with Gasteiger partial charge < -0.3 is 9.64 Å². The zero-order valence-electron chi connectivity index (χ0n) is 12.8. The maximum absolute atomic E-state index is 12.5. The molecule has 2 aromatic rings. The molecule has 1 atom stereocenters. The van der Waals surface area contributed by atoms with Crippen LogP contribution in [0.3, 0.4) is 0 Å². The Bertz CT molecular complexity index is 746. The first-order valence-electron chi connectivity index (χ1n) is 7.41. The molecule has 8 heteroatoms. The molecule has 0 radical (unpaired) electrons. The fraction of sp³-hybridized carbons (Fsp3) is 0.400. The zero-order valence-corrected chi connectivity index (χ0v) is 12.8. The van der Waals surface area contributed by atoms with Crippen LogP contribution in [0, 0.1) is 0 Å². The Hall–Kier alpha value is -2.77. The molecule has 23 heavy (non-hydrogen) atoms. The average molecular weight is 315 g/mol. The van der Waals surface area contributed by atoms with Crippen LogP contribution in [-0.2, 0) is 7.05 Å². The van der Waals surface area contributed by atoms with Gasteiger partial charge in [0.2, 0.25) is 0 Å². The molecule has 3 heterocycles. The highest BCUT2D eigenvalue weighted by atomic mass is 16.5. The van der Waals surface area contributed by atoms with Crippen LogP contribution in [0.2, 0.25) is 0 Å². The van der Waals surface area contributed by atoms with E-state index in [0.717, 1.165) is 17.5 Å². The molecule has 0 aromatic carbocycles. The van der Waals surface area contributed by atoms with Crippen LogP contribution in [0.5, 0.6) is 6.01 Å². The number of nitrogens with zero attached hydrogens (tertiary/aromatic N) is 5. The van der Waals surface area contributed by atoms with E-state index in [1.165, 1.54) is 19.2 Å². The van der Waals surface area contributed by atoms with Gasteiger partial charge in [-0.25, -0.2) is 14.6 Å². The predicted octanol–water partition coefficient (Wildman–Crippen LogP) is 0.254. The van der Waals surface area contributed by atoms with Crippen molar-refractivity contribution in [2.45, 2.75) is 18.9 Å². The summed E-state index contributed by atoms with van der Waals surface area (Å²) in [6.45, 7) is 1.08. The minimum absolute atomic E-state index is 0.150. The van der Waals surface area contributed by atoms with E-state index in [1.807, 2.05) is 0 Å². The van der Waals surface area contributed by atoms with Gasteiger partial charge in [0.15, 0.2) is 0 Å². The van der Waals surface area contributed by atoms with Gasteiger partial charge in [-0.05, 0) is 25.0 Å². The molecule has 0 spiro atoms. The van der Waals surface area contributed by atoms with Crippen LogP contribution in [0.25, 0.3) is 0 Å². The first kappa shape index (κ1) is 15.1. The maximum atomic E-state index is 12.5. The number of carbonyl (C=O) groups is 1. The first-order valence-corrected chi connectivity index (χ1v) is 7.41. The monoisotopic (exact) mass is 315 g/mol. The molecular weight excluding hydrogens is 298 g/mol. The number of likely N-dealkylation sites (tertiary alicyclic amines) is 1. The van der Waals surface area contributed by atoms with Gasteiger partial charge in [0.25, 0.3) is 11.5 Å². The molecule has 1 fully saturated rings. The molecule has 0 N–H and O–H groups in total. The molecular formula is C15H17N5O3. The van der Waals surface area contributed by atoms with E-state index in [2.05, 4.69) is 15.1 Å². The Morgan fingerprint density at radius 2 is 2.09 bits per heavy atom. The Kier molecular flexibility index (Phi) is 4.31. The molecule has 0 aliphatic carbocycles. The van der Waals surface area contributed by atoms with Crippen LogP contribution < -0.4 is 10.3 Å². The summed E-state index contributed by atoms with van der Waals surface area (Å²) in [6, 6.07) is 4.83. The van der Waals surface area contributed by atoms with Gasteiger partial charge in [0.05, 0.1) is 6.54 Å². The molecule has 8 nitrogen and oxygen atoms in total. The minimum Gasteiger partial charge on any atom is -0.458 e. The van der Waals surface area contributed by atoms with Crippen molar-refractivity contribution in [3.8, 4) is 6.01 Å². The molecule has 1 aliphatic heterocycles. The van der Waals surface area contributed by atoms with Crippen LogP contribution in [0.1, 0.15) is 23.3 Å².